The van der Waals surface area contributed by atoms with Gasteiger partial charge in [-0.05, 0) is 30.9 Å². The van der Waals surface area contributed by atoms with Crippen LogP contribution in [-0.4, -0.2) is 28.9 Å². The van der Waals surface area contributed by atoms with Gasteiger partial charge in [0.25, 0.3) is 0 Å². The lowest BCUT2D eigenvalue weighted by atomic mass is 9.86. The van der Waals surface area contributed by atoms with Crippen molar-refractivity contribution in [3.63, 3.8) is 0 Å². The Morgan fingerprint density at radius 2 is 2.00 bits per heavy atom. The van der Waals surface area contributed by atoms with Gasteiger partial charge in [0, 0.05) is 29.7 Å². The Hall–Kier alpha value is -2.03. The lowest BCUT2D eigenvalue weighted by Gasteiger charge is -2.26. The molecule has 1 aliphatic carbocycles. The molecule has 1 amide bonds. The van der Waals surface area contributed by atoms with E-state index in [1.807, 2.05) is 11.0 Å². The Morgan fingerprint density at radius 1 is 1.20 bits per heavy atom. The van der Waals surface area contributed by atoms with Gasteiger partial charge in [0.2, 0.25) is 5.91 Å². The minimum Gasteiger partial charge on any atom is -0.357 e. The normalized spacial score (nSPS) is 21.4. The summed E-state index contributed by atoms with van der Waals surface area (Å²) < 4.78 is 0. The number of H-pyrrole nitrogens is 1. The molecular weight excluding hydrogens is 248 g/mol. The highest BCUT2D eigenvalue weighted by Gasteiger charge is 2.32. The lowest BCUT2D eigenvalue weighted by molar-refractivity contribution is -0.131. The minimum atomic E-state index is 0.0195. The standard InChI is InChI=1S/C17H18N2O/c20-17(19-10-3-4-11-19)14-8-5-7-13-12-6-1-2-9-15(12)18-16(13)14/h1-4,6,9,14,18H,5,7-8,10-11H2. The van der Waals surface area contributed by atoms with Gasteiger partial charge in [0.1, 0.15) is 0 Å². The maximum Gasteiger partial charge on any atom is 0.232 e. The van der Waals surface area contributed by atoms with Gasteiger partial charge in [-0.1, -0.05) is 30.4 Å². The third kappa shape index (κ3) is 1.69. The maximum absolute atomic E-state index is 12.7. The molecule has 0 bridgehead atoms. The third-order valence-electron chi connectivity index (χ3n) is 4.54. The third-order valence-corrected chi connectivity index (χ3v) is 4.54. The number of fused-ring (bicyclic) bond motifs is 3. The van der Waals surface area contributed by atoms with E-state index in [2.05, 4.69) is 35.3 Å². The van der Waals surface area contributed by atoms with Gasteiger partial charge in [-0.25, -0.2) is 0 Å². The molecule has 2 heterocycles. The predicted octanol–water partition coefficient (Wildman–Crippen LogP) is 2.99. The topological polar surface area (TPSA) is 36.1 Å². The summed E-state index contributed by atoms with van der Waals surface area (Å²) in [6, 6.07) is 8.39. The van der Waals surface area contributed by atoms with Gasteiger partial charge in [-0.3, -0.25) is 4.79 Å². The molecule has 20 heavy (non-hydrogen) atoms. The van der Waals surface area contributed by atoms with E-state index in [9.17, 15) is 4.79 Å². The second kappa shape index (κ2) is 4.51. The van der Waals surface area contributed by atoms with Crippen molar-refractivity contribution in [2.45, 2.75) is 25.2 Å². The first-order valence-corrected chi connectivity index (χ1v) is 7.38. The van der Waals surface area contributed by atoms with Gasteiger partial charge in [0.15, 0.2) is 0 Å². The number of benzene rings is 1. The zero-order valence-corrected chi connectivity index (χ0v) is 11.4. The molecule has 4 rings (SSSR count). The van der Waals surface area contributed by atoms with Crippen molar-refractivity contribution < 1.29 is 4.79 Å². The Bertz CT molecular complexity index is 690. The number of aromatic amines is 1. The Morgan fingerprint density at radius 3 is 2.85 bits per heavy atom. The summed E-state index contributed by atoms with van der Waals surface area (Å²) in [4.78, 5) is 18.2. The van der Waals surface area contributed by atoms with Crippen LogP contribution in [0.3, 0.4) is 0 Å². The second-order valence-corrected chi connectivity index (χ2v) is 5.72. The van der Waals surface area contributed by atoms with E-state index in [0.29, 0.717) is 0 Å². The van der Waals surface area contributed by atoms with Crippen LogP contribution >= 0.6 is 0 Å². The quantitative estimate of drug-likeness (QED) is 0.791. The second-order valence-electron chi connectivity index (χ2n) is 5.72. The molecule has 1 aromatic heterocycles. The molecule has 2 aromatic rings. The molecule has 2 aliphatic rings. The maximum atomic E-state index is 12.7. The first kappa shape index (κ1) is 11.8. The summed E-state index contributed by atoms with van der Waals surface area (Å²) >= 11 is 0. The molecule has 0 saturated carbocycles. The summed E-state index contributed by atoms with van der Waals surface area (Å²) in [5.41, 5.74) is 3.68. The van der Waals surface area contributed by atoms with Crippen molar-refractivity contribution in [1.82, 2.24) is 9.88 Å². The summed E-state index contributed by atoms with van der Waals surface area (Å²) in [6.45, 7) is 1.54. The van der Waals surface area contributed by atoms with Crippen molar-refractivity contribution in [2.75, 3.05) is 13.1 Å². The van der Waals surface area contributed by atoms with Crippen LogP contribution in [0.2, 0.25) is 0 Å². The van der Waals surface area contributed by atoms with Crippen LogP contribution in [0.1, 0.15) is 30.0 Å². The number of hydrogen-bond acceptors (Lipinski definition) is 1. The van der Waals surface area contributed by atoms with Gasteiger partial charge < -0.3 is 9.88 Å². The summed E-state index contributed by atoms with van der Waals surface area (Å²) in [5, 5.41) is 1.29. The Kier molecular flexibility index (Phi) is 2.66. The first-order chi connectivity index (χ1) is 9.84. The average molecular weight is 266 g/mol. The first-order valence-electron chi connectivity index (χ1n) is 7.38. The van der Waals surface area contributed by atoms with Crippen molar-refractivity contribution in [2.24, 2.45) is 0 Å². The van der Waals surface area contributed by atoms with Crippen molar-refractivity contribution in [3.05, 3.63) is 47.7 Å². The van der Waals surface area contributed by atoms with Gasteiger partial charge in [0.05, 0.1) is 5.92 Å². The van der Waals surface area contributed by atoms with Crippen LogP contribution in [0, 0.1) is 0 Å². The zero-order chi connectivity index (χ0) is 13.5. The van der Waals surface area contributed by atoms with Crippen LogP contribution in [0.4, 0.5) is 0 Å². The number of carbonyl (C=O) groups excluding carboxylic acids is 1. The smallest absolute Gasteiger partial charge is 0.232 e. The highest BCUT2D eigenvalue weighted by atomic mass is 16.2. The average Bonchev–Trinajstić information content (AvgIpc) is 3.13. The fraction of sp³-hybridized carbons (Fsp3) is 0.353. The zero-order valence-electron chi connectivity index (χ0n) is 11.4. The minimum absolute atomic E-state index is 0.0195. The van der Waals surface area contributed by atoms with E-state index in [-0.39, 0.29) is 11.8 Å². The predicted molar refractivity (Wildman–Crippen MR) is 79.7 cm³/mol. The van der Waals surface area contributed by atoms with E-state index in [0.717, 1.165) is 43.6 Å². The number of aromatic nitrogens is 1. The van der Waals surface area contributed by atoms with Crippen LogP contribution in [-0.2, 0) is 11.2 Å². The van der Waals surface area contributed by atoms with Gasteiger partial charge in [-0.15, -0.1) is 0 Å². The molecular formula is C17H18N2O. The summed E-state index contributed by atoms with van der Waals surface area (Å²) in [7, 11) is 0. The number of rotatable bonds is 1. The highest BCUT2D eigenvalue weighted by molar-refractivity contribution is 5.90. The van der Waals surface area contributed by atoms with E-state index >= 15 is 0 Å². The molecule has 1 atom stereocenters. The molecule has 0 spiro atoms. The fourth-order valence-corrected chi connectivity index (χ4v) is 3.54. The molecule has 1 N–H and O–H groups in total. The van der Waals surface area contributed by atoms with Crippen LogP contribution < -0.4 is 0 Å². The molecule has 1 unspecified atom stereocenters. The number of nitrogens with one attached hydrogen (secondary N) is 1. The van der Waals surface area contributed by atoms with Crippen LogP contribution in [0.5, 0.6) is 0 Å². The fourth-order valence-electron chi connectivity index (χ4n) is 3.54. The van der Waals surface area contributed by atoms with Crippen LogP contribution in [0.15, 0.2) is 36.4 Å². The van der Waals surface area contributed by atoms with E-state index < -0.39 is 0 Å². The molecule has 3 nitrogen and oxygen atoms in total. The van der Waals surface area contributed by atoms with Gasteiger partial charge in [-0.2, -0.15) is 0 Å². The molecule has 102 valence electrons. The van der Waals surface area contributed by atoms with Crippen molar-refractivity contribution in [1.29, 1.82) is 0 Å². The number of carbonyl (C=O) groups is 1. The van der Waals surface area contributed by atoms with Gasteiger partial charge >= 0.3 is 0 Å². The number of aryl methyl sites for hydroxylation is 1. The number of hydrogen-bond donors (Lipinski definition) is 1. The molecule has 0 fully saturated rings. The number of para-hydroxylation sites is 1. The van der Waals surface area contributed by atoms with E-state index in [1.165, 1.54) is 10.9 Å². The van der Waals surface area contributed by atoms with Crippen molar-refractivity contribution in [3.8, 4) is 0 Å². The molecule has 0 radical (unpaired) electrons. The SMILES string of the molecule is O=C(C1CCCc2c1[nH]c1ccccc21)N1CC=CC1. The highest BCUT2D eigenvalue weighted by Crippen LogP contribution is 2.37. The molecule has 1 aromatic carbocycles. The summed E-state index contributed by atoms with van der Waals surface area (Å²) in [5.74, 6) is 0.300. The Labute approximate surface area is 118 Å². The molecule has 0 saturated heterocycles. The van der Waals surface area contributed by atoms with Crippen LogP contribution in [0.25, 0.3) is 10.9 Å². The van der Waals surface area contributed by atoms with Crippen molar-refractivity contribution >= 4 is 16.8 Å². The number of nitrogens with zero attached hydrogens (tertiary/aromatic N) is 1. The van der Waals surface area contributed by atoms with E-state index in [1.54, 1.807) is 0 Å². The lowest BCUT2D eigenvalue weighted by Crippen LogP contribution is -2.34. The van der Waals surface area contributed by atoms with E-state index in [4.69, 9.17) is 0 Å². The molecule has 3 heteroatoms. The largest absolute Gasteiger partial charge is 0.357 e. The summed E-state index contributed by atoms with van der Waals surface area (Å²) in [6.07, 6.45) is 7.31. The Balaban J connectivity index is 1.76. The number of amides is 1. The monoisotopic (exact) mass is 266 g/mol. The molecule has 1 aliphatic heterocycles.